The number of anilines is 1. The number of nitrogens with zero attached hydrogens (tertiary/aromatic N) is 1. The zero-order valence-corrected chi connectivity index (χ0v) is 14.6. The minimum absolute atomic E-state index is 0.0186. The van der Waals surface area contributed by atoms with E-state index in [2.05, 4.69) is 43.0 Å². The number of rotatable bonds is 10. The Morgan fingerprint density at radius 3 is 2.18 bits per heavy atom. The minimum atomic E-state index is -0.0938. The summed E-state index contributed by atoms with van der Waals surface area (Å²) in [5.41, 5.74) is 2.58. The zero-order valence-electron chi connectivity index (χ0n) is 14.6. The first-order valence-electron chi connectivity index (χ1n) is 8.60. The zero-order chi connectivity index (χ0) is 16.4. The molecule has 0 N–H and O–H groups in total. The standard InChI is InChI=1S/C19H31NO2/c1-5-14-20(15-6-2)18-12-10-17(11-13-18)8-7-9-19(21)22-16(3)4/h10-13,16H,5-9,14-15H2,1-4H3. The molecule has 1 aromatic rings. The molecule has 0 bridgehead atoms. The van der Waals surface area contributed by atoms with Crippen molar-refractivity contribution in [2.45, 2.75) is 65.9 Å². The third-order valence-electron chi connectivity index (χ3n) is 3.50. The molecule has 0 atom stereocenters. The molecule has 0 aliphatic heterocycles. The van der Waals surface area contributed by atoms with Crippen molar-refractivity contribution in [2.24, 2.45) is 0 Å². The van der Waals surface area contributed by atoms with E-state index in [1.807, 2.05) is 13.8 Å². The first-order valence-corrected chi connectivity index (χ1v) is 8.60. The fourth-order valence-corrected chi connectivity index (χ4v) is 2.54. The molecule has 0 saturated carbocycles. The van der Waals surface area contributed by atoms with E-state index in [1.54, 1.807) is 0 Å². The van der Waals surface area contributed by atoms with Gasteiger partial charge in [0.25, 0.3) is 0 Å². The Morgan fingerprint density at radius 2 is 1.68 bits per heavy atom. The number of ether oxygens (including phenoxy) is 1. The Morgan fingerprint density at radius 1 is 1.09 bits per heavy atom. The molecular formula is C19H31NO2. The average molecular weight is 305 g/mol. The molecule has 1 rings (SSSR count). The normalized spacial score (nSPS) is 10.8. The summed E-state index contributed by atoms with van der Waals surface area (Å²) < 4.78 is 5.15. The van der Waals surface area contributed by atoms with E-state index in [1.165, 1.54) is 24.1 Å². The van der Waals surface area contributed by atoms with Gasteiger partial charge in [0.15, 0.2) is 0 Å². The molecule has 3 nitrogen and oxygen atoms in total. The van der Waals surface area contributed by atoms with Crippen LogP contribution in [0.2, 0.25) is 0 Å². The van der Waals surface area contributed by atoms with Gasteiger partial charge in [-0.3, -0.25) is 4.79 Å². The van der Waals surface area contributed by atoms with Gasteiger partial charge in [-0.15, -0.1) is 0 Å². The summed E-state index contributed by atoms with van der Waals surface area (Å²) in [6.07, 6.45) is 4.58. The summed E-state index contributed by atoms with van der Waals surface area (Å²) in [4.78, 5) is 13.9. The van der Waals surface area contributed by atoms with Gasteiger partial charge >= 0.3 is 5.97 Å². The summed E-state index contributed by atoms with van der Waals surface area (Å²) in [6, 6.07) is 8.77. The second kappa shape index (κ2) is 10.3. The Kier molecular flexibility index (Phi) is 8.64. The molecule has 0 aliphatic carbocycles. The molecule has 0 saturated heterocycles. The van der Waals surface area contributed by atoms with Gasteiger partial charge in [-0.1, -0.05) is 26.0 Å². The monoisotopic (exact) mass is 305 g/mol. The van der Waals surface area contributed by atoms with Crippen LogP contribution in [0.1, 0.15) is 58.9 Å². The van der Waals surface area contributed by atoms with Gasteiger partial charge in [0.05, 0.1) is 6.10 Å². The number of benzene rings is 1. The molecule has 0 aromatic heterocycles. The summed E-state index contributed by atoms with van der Waals surface area (Å²) in [5, 5.41) is 0. The lowest BCUT2D eigenvalue weighted by Crippen LogP contribution is -2.24. The first-order chi connectivity index (χ1) is 10.6. The van der Waals surface area contributed by atoms with E-state index in [0.717, 1.165) is 25.9 Å². The van der Waals surface area contributed by atoms with Crippen LogP contribution in [-0.2, 0) is 16.0 Å². The lowest BCUT2D eigenvalue weighted by atomic mass is 10.1. The highest BCUT2D eigenvalue weighted by Gasteiger charge is 2.07. The molecule has 1 aromatic carbocycles. The van der Waals surface area contributed by atoms with E-state index in [-0.39, 0.29) is 12.1 Å². The number of aryl methyl sites for hydroxylation is 1. The van der Waals surface area contributed by atoms with Crippen LogP contribution < -0.4 is 4.90 Å². The van der Waals surface area contributed by atoms with Crippen molar-refractivity contribution >= 4 is 11.7 Å². The van der Waals surface area contributed by atoms with Crippen molar-refractivity contribution in [1.82, 2.24) is 0 Å². The molecule has 0 amide bonds. The Hall–Kier alpha value is -1.51. The van der Waals surface area contributed by atoms with Crippen LogP contribution in [0.5, 0.6) is 0 Å². The van der Waals surface area contributed by atoms with Gasteiger partial charge in [0, 0.05) is 25.2 Å². The first kappa shape index (κ1) is 18.5. The summed E-state index contributed by atoms with van der Waals surface area (Å²) in [7, 11) is 0. The molecule has 0 heterocycles. The summed E-state index contributed by atoms with van der Waals surface area (Å²) >= 11 is 0. The molecule has 0 fully saturated rings. The maximum atomic E-state index is 11.5. The van der Waals surface area contributed by atoms with E-state index in [9.17, 15) is 4.79 Å². The van der Waals surface area contributed by atoms with Crippen LogP contribution in [0.4, 0.5) is 5.69 Å². The predicted molar refractivity (Wildman–Crippen MR) is 93.4 cm³/mol. The van der Waals surface area contributed by atoms with Crippen molar-refractivity contribution in [3.05, 3.63) is 29.8 Å². The molecule has 0 unspecified atom stereocenters. The summed E-state index contributed by atoms with van der Waals surface area (Å²) in [5.74, 6) is -0.0938. The molecule has 0 radical (unpaired) electrons. The van der Waals surface area contributed by atoms with E-state index >= 15 is 0 Å². The molecular weight excluding hydrogens is 274 g/mol. The van der Waals surface area contributed by atoms with Gasteiger partial charge in [0.2, 0.25) is 0 Å². The number of carbonyl (C=O) groups is 1. The van der Waals surface area contributed by atoms with Crippen LogP contribution in [0.25, 0.3) is 0 Å². The van der Waals surface area contributed by atoms with Crippen molar-refractivity contribution in [3.63, 3.8) is 0 Å². The molecule has 3 heteroatoms. The van der Waals surface area contributed by atoms with E-state index in [4.69, 9.17) is 4.74 Å². The lowest BCUT2D eigenvalue weighted by molar-refractivity contribution is -0.147. The average Bonchev–Trinajstić information content (AvgIpc) is 2.47. The fraction of sp³-hybridized carbons (Fsp3) is 0.632. The fourth-order valence-electron chi connectivity index (χ4n) is 2.54. The molecule has 0 spiro atoms. The quantitative estimate of drug-likeness (QED) is 0.592. The Bertz CT molecular complexity index is 420. The van der Waals surface area contributed by atoms with Crippen LogP contribution in [0.3, 0.4) is 0 Å². The van der Waals surface area contributed by atoms with Crippen molar-refractivity contribution in [1.29, 1.82) is 0 Å². The van der Waals surface area contributed by atoms with E-state index in [0.29, 0.717) is 6.42 Å². The van der Waals surface area contributed by atoms with Crippen molar-refractivity contribution < 1.29 is 9.53 Å². The maximum Gasteiger partial charge on any atom is 0.306 e. The predicted octanol–water partition coefficient (Wildman–Crippen LogP) is 4.59. The highest BCUT2D eigenvalue weighted by atomic mass is 16.5. The molecule has 22 heavy (non-hydrogen) atoms. The smallest absolute Gasteiger partial charge is 0.306 e. The minimum Gasteiger partial charge on any atom is -0.463 e. The lowest BCUT2D eigenvalue weighted by Gasteiger charge is -2.24. The van der Waals surface area contributed by atoms with Crippen molar-refractivity contribution in [2.75, 3.05) is 18.0 Å². The topological polar surface area (TPSA) is 29.5 Å². The van der Waals surface area contributed by atoms with Crippen molar-refractivity contribution in [3.8, 4) is 0 Å². The Labute approximate surface area is 135 Å². The number of carbonyl (C=O) groups excluding carboxylic acids is 1. The van der Waals surface area contributed by atoms with Crippen LogP contribution in [0.15, 0.2) is 24.3 Å². The highest BCUT2D eigenvalue weighted by Crippen LogP contribution is 2.17. The van der Waals surface area contributed by atoms with Gasteiger partial charge in [-0.05, 0) is 57.2 Å². The summed E-state index contributed by atoms with van der Waals surface area (Å²) in [6.45, 7) is 10.4. The van der Waals surface area contributed by atoms with E-state index < -0.39 is 0 Å². The largest absolute Gasteiger partial charge is 0.463 e. The third kappa shape index (κ3) is 6.97. The second-order valence-electron chi connectivity index (χ2n) is 6.05. The van der Waals surface area contributed by atoms with Gasteiger partial charge in [0.1, 0.15) is 0 Å². The van der Waals surface area contributed by atoms with Gasteiger partial charge in [-0.25, -0.2) is 0 Å². The van der Waals surface area contributed by atoms with Gasteiger partial charge < -0.3 is 9.64 Å². The Balaban J connectivity index is 2.45. The number of esters is 1. The highest BCUT2D eigenvalue weighted by molar-refractivity contribution is 5.69. The van der Waals surface area contributed by atoms with Gasteiger partial charge in [-0.2, -0.15) is 0 Å². The third-order valence-corrected chi connectivity index (χ3v) is 3.50. The second-order valence-corrected chi connectivity index (χ2v) is 6.05. The molecule has 124 valence electrons. The number of hydrogen-bond donors (Lipinski definition) is 0. The van der Waals surface area contributed by atoms with Crippen LogP contribution in [0, 0.1) is 0 Å². The SMILES string of the molecule is CCCN(CCC)c1ccc(CCCC(=O)OC(C)C)cc1. The number of hydrogen-bond acceptors (Lipinski definition) is 3. The molecule has 0 aliphatic rings. The maximum absolute atomic E-state index is 11.5. The van der Waals surface area contributed by atoms with Crippen LogP contribution >= 0.6 is 0 Å². The van der Waals surface area contributed by atoms with Crippen LogP contribution in [-0.4, -0.2) is 25.2 Å².